The van der Waals surface area contributed by atoms with Crippen LogP contribution in [-0.2, 0) is 6.54 Å². The molecule has 104 valence electrons. The summed E-state index contributed by atoms with van der Waals surface area (Å²) in [4.78, 5) is 9.05. The van der Waals surface area contributed by atoms with Crippen molar-refractivity contribution in [1.82, 2.24) is 19.7 Å². The highest BCUT2D eigenvalue weighted by atomic mass is 79.9. The highest BCUT2D eigenvalue weighted by molar-refractivity contribution is 9.10. The van der Waals surface area contributed by atoms with Gasteiger partial charge < -0.3 is 5.11 Å². The van der Waals surface area contributed by atoms with Crippen LogP contribution in [0.5, 0.6) is 0 Å². The third-order valence-electron chi connectivity index (χ3n) is 2.65. The van der Waals surface area contributed by atoms with Crippen LogP contribution in [0.3, 0.4) is 0 Å². The quantitative estimate of drug-likeness (QED) is 0.369. The summed E-state index contributed by atoms with van der Waals surface area (Å²) in [6, 6.07) is 0. The van der Waals surface area contributed by atoms with E-state index in [0.717, 1.165) is 45.2 Å². The van der Waals surface area contributed by atoms with Crippen molar-refractivity contribution >= 4 is 50.5 Å². The Bertz CT molecular complexity index is 575. The number of nitrogens with zero attached hydrogens (tertiary/aromatic N) is 4. The van der Waals surface area contributed by atoms with Crippen LogP contribution in [-0.4, -0.2) is 44.0 Å². The molecule has 0 amide bonds. The van der Waals surface area contributed by atoms with Crippen LogP contribution >= 0.6 is 39.5 Å². The van der Waals surface area contributed by atoms with E-state index in [2.05, 4.69) is 31.0 Å². The van der Waals surface area contributed by atoms with Crippen molar-refractivity contribution < 1.29 is 5.11 Å². The smallest absolute Gasteiger partial charge is 0.190 e. The lowest BCUT2D eigenvalue weighted by molar-refractivity contribution is 0.280. The minimum Gasteiger partial charge on any atom is -0.396 e. The molecule has 2 rings (SSSR count). The maximum Gasteiger partial charge on any atom is 0.190 e. The first-order valence-electron chi connectivity index (χ1n) is 5.84. The van der Waals surface area contributed by atoms with Gasteiger partial charge in [-0.2, -0.15) is 5.10 Å². The molecule has 0 atom stereocenters. The van der Waals surface area contributed by atoms with Crippen molar-refractivity contribution in [2.24, 2.45) is 0 Å². The van der Waals surface area contributed by atoms with Crippen LogP contribution in [0.25, 0.3) is 11.0 Å². The van der Waals surface area contributed by atoms with E-state index in [1.165, 1.54) is 11.8 Å². The Labute approximate surface area is 128 Å². The van der Waals surface area contributed by atoms with Gasteiger partial charge >= 0.3 is 0 Å². The second-order valence-corrected chi connectivity index (χ2v) is 6.18. The van der Waals surface area contributed by atoms with Crippen molar-refractivity contribution in [1.29, 1.82) is 0 Å². The van der Waals surface area contributed by atoms with E-state index in [-0.39, 0.29) is 6.61 Å². The Hall–Kier alpha value is -0.310. The zero-order valence-corrected chi connectivity index (χ0v) is 14.0. The number of unbranched alkanes of at least 4 members (excludes halogenated alkanes) is 1. The van der Waals surface area contributed by atoms with Gasteiger partial charge in [-0.1, -0.05) is 11.8 Å². The summed E-state index contributed by atoms with van der Waals surface area (Å²) in [6.07, 6.45) is 5.62. The van der Waals surface area contributed by atoms with Crippen LogP contribution in [0.15, 0.2) is 14.8 Å². The van der Waals surface area contributed by atoms with Gasteiger partial charge in [0.1, 0.15) is 9.63 Å². The lowest BCUT2D eigenvalue weighted by Gasteiger charge is -2.04. The van der Waals surface area contributed by atoms with E-state index < -0.39 is 0 Å². The number of hydrogen-bond acceptors (Lipinski definition) is 6. The molecule has 0 aliphatic rings. The molecule has 19 heavy (non-hydrogen) atoms. The van der Waals surface area contributed by atoms with E-state index in [1.54, 1.807) is 11.8 Å². The number of aliphatic hydroxyl groups excluding tert-OH is 1. The van der Waals surface area contributed by atoms with Crippen LogP contribution in [0.1, 0.15) is 12.8 Å². The average Bonchev–Trinajstić information content (AvgIpc) is 2.75. The van der Waals surface area contributed by atoms with E-state index in [9.17, 15) is 0 Å². The number of halogens is 1. The molecular formula is C11H15BrN4OS2. The van der Waals surface area contributed by atoms with Crippen molar-refractivity contribution in [3.8, 4) is 0 Å². The van der Waals surface area contributed by atoms with Crippen LogP contribution < -0.4 is 0 Å². The maximum atomic E-state index is 8.86. The minimum absolute atomic E-state index is 0.210. The number of thioether (sulfide) groups is 2. The van der Waals surface area contributed by atoms with Crippen molar-refractivity contribution in [2.45, 2.75) is 29.6 Å². The number of hydrogen-bond donors (Lipinski definition) is 1. The van der Waals surface area contributed by atoms with Gasteiger partial charge in [0.15, 0.2) is 10.8 Å². The fourth-order valence-electron chi connectivity index (χ4n) is 1.75. The zero-order valence-electron chi connectivity index (χ0n) is 10.8. The average molecular weight is 363 g/mol. The molecule has 0 aliphatic carbocycles. The van der Waals surface area contributed by atoms with Crippen molar-refractivity contribution in [3.63, 3.8) is 0 Å². The Kier molecular flexibility index (Phi) is 5.49. The molecule has 8 heteroatoms. The SMILES string of the molecule is CSc1nc(SC)c2c(Br)nn(CCCCO)c2n1. The maximum absolute atomic E-state index is 8.86. The predicted octanol–water partition coefficient (Wildman–Crippen LogP) is 2.81. The summed E-state index contributed by atoms with van der Waals surface area (Å²) < 4.78 is 2.67. The molecule has 0 spiro atoms. The number of rotatable bonds is 6. The van der Waals surface area contributed by atoms with Crippen LogP contribution in [0.2, 0.25) is 0 Å². The normalized spacial score (nSPS) is 11.4. The molecule has 0 aliphatic heterocycles. The highest BCUT2D eigenvalue weighted by Crippen LogP contribution is 2.31. The Morgan fingerprint density at radius 1 is 1.21 bits per heavy atom. The fourth-order valence-corrected chi connectivity index (χ4v) is 3.42. The summed E-state index contributed by atoms with van der Waals surface area (Å²) in [6.45, 7) is 0.961. The fraction of sp³-hybridized carbons (Fsp3) is 0.545. The third kappa shape index (κ3) is 3.24. The van der Waals surface area contributed by atoms with Gasteiger partial charge in [-0.25, -0.2) is 14.6 Å². The summed E-state index contributed by atoms with van der Waals surface area (Å²) in [5.41, 5.74) is 0.855. The first kappa shape index (κ1) is 15.1. The molecule has 0 aromatic carbocycles. The summed E-state index contributed by atoms with van der Waals surface area (Å²) in [7, 11) is 0. The molecule has 0 bridgehead atoms. The highest BCUT2D eigenvalue weighted by Gasteiger charge is 2.16. The molecule has 0 unspecified atom stereocenters. The van der Waals surface area contributed by atoms with Gasteiger partial charge in [-0.3, -0.25) is 0 Å². The van der Waals surface area contributed by atoms with Crippen molar-refractivity contribution in [3.05, 3.63) is 4.60 Å². The number of fused-ring (bicyclic) bond motifs is 1. The monoisotopic (exact) mass is 362 g/mol. The first-order valence-corrected chi connectivity index (χ1v) is 9.08. The second kappa shape index (κ2) is 6.92. The van der Waals surface area contributed by atoms with Gasteiger partial charge in [0.2, 0.25) is 0 Å². The summed E-state index contributed by atoms with van der Waals surface area (Å²) >= 11 is 6.61. The van der Waals surface area contributed by atoms with Crippen LogP contribution in [0.4, 0.5) is 0 Å². The van der Waals surface area contributed by atoms with Crippen molar-refractivity contribution in [2.75, 3.05) is 19.1 Å². The lowest BCUT2D eigenvalue weighted by atomic mass is 10.3. The third-order valence-corrected chi connectivity index (χ3v) is 4.43. The molecule has 5 nitrogen and oxygen atoms in total. The molecule has 0 saturated heterocycles. The second-order valence-electron chi connectivity index (χ2n) is 3.86. The Balaban J connectivity index is 2.47. The zero-order chi connectivity index (χ0) is 13.8. The number of aryl methyl sites for hydroxylation is 1. The Morgan fingerprint density at radius 3 is 2.63 bits per heavy atom. The van der Waals surface area contributed by atoms with Gasteiger partial charge in [-0.15, -0.1) is 11.8 Å². The molecule has 0 radical (unpaired) electrons. The number of aromatic nitrogens is 4. The van der Waals surface area contributed by atoms with E-state index >= 15 is 0 Å². The largest absolute Gasteiger partial charge is 0.396 e. The summed E-state index contributed by atoms with van der Waals surface area (Å²) in [5, 5.41) is 16.0. The molecule has 2 heterocycles. The Morgan fingerprint density at radius 2 is 2.00 bits per heavy atom. The predicted molar refractivity (Wildman–Crippen MR) is 82.9 cm³/mol. The van der Waals surface area contributed by atoms with E-state index in [1.807, 2.05) is 17.2 Å². The minimum atomic E-state index is 0.210. The molecule has 1 N–H and O–H groups in total. The molecule has 2 aromatic heterocycles. The van der Waals surface area contributed by atoms with Gasteiger partial charge in [0, 0.05) is 13.2 Å². The molecule has 0 saturated carbocycles. The molecule has 0 fully saturated rings. The van der Waals surface area contributed by atoms with E-state index in [4.69, 9.17) is 5.11 Å². The standard InChI is InChI=1S/C11H15BrN4OS2/c1-18-10-7-8(12)15-16(5-3-4-6-17)9(7)13-11(14-10)19-2/h17H,3-6H2,1-2H3. The number of aliphatic hydroxyl groups is 1. The molecule has 2 aromatic rings. The lowest BCUT2D eigenvalue weighted by Crippen LogP contribution is -2.03. The van der Waals surface area contributed by atoms with Gasteiger partial charge in [0.05, 0.1) is 5.39 Å². The van der Waals surface area contributed by atoms with Gasteiger partial charge in [0.25, 0.3) is 0 Å². The molecular weight excluding hydrogens is 348 g/mol. The van der Waals surface area contributed by atoms with Gasteiger partial charge in [-0.05, 0) is 41.3 Å². The first-order chi connectivity index (χ1) is 9.21. The van der Waals surface area contributed by atoms with E-state index in [0.29, 0.717) is 0 Å². The topological polar surface area (TPSA) is 63.8 Å². The summed E-state index contributed by atoms with van der Waals surface area (Å²) in [5.74, 6) is 0. The van der Waals surface area contributed by atoms with Crippen LogP contribution in [0, 0.1) is 0 Å².